The lowest BCUT2D eigenvalue weighted by Crippen LogP contribution is -2.03. The second-order valence-electron chi connectivity index (χ2n) is 3.22. The number of nitrogens with one attached hydrogen (secondary N) is 1. The number of halogens is 2. The molecule has 0 atom stereocenters. The summed E-state index contributed by atoms with van der Waals surface area (Å²) in [5.41, 5.74) is 6.76. The first-order chi connectivity index (χ1) is 7.54. The number of H-pyrrole nitrogens is 1. The summed E-state index contributed by atoms with van der Waals surface area (Å²) in [5, 5.41) is 1.16. The Labute approximate surface area is 105 Å². The van der Waals surface area contributed by atoms with E-state index in [9.17, 15) is 4.79 Å². The first-order valence-electron chi connectivity index (χ1n) is 4.39. The Kier molecular flexibility index (Phi) is 2.82. The van der Waals surface area contributed by atoms with Gasteiger partial charge in [0.15, 0.2) is 0 Å². The molecule has 0 aliphatic carbocycles. The van der Waals surface area contributed by atoms with E-state index in [1.165, 1.54) is 7.11 Å². The van der Waals surface area contributed by atoms with E-state index in [2.05, 4.69) is 25.7 Å². The molecule has 0 radical (unpaired) electrons. The molecule has 0 saturated carbocycles. The molecule has 3 N–H and O–H groups in total. The topological polar surface area (TPSA) is 68.1 Å². The molecule has 0 saturated heterocycles. The van der Waals surface area contributed by atoms with Crippen molar-refractivity contribution in [3.63, 3.8) is 0 Å². The summed E-state index contributed by atoms with van der Waals surface area (Å²) in [7, 11) is 1.31. The molecule has 2 aromatic rings. The van der Waals surface area contributed by atoms with Gasteiger partial charge in [-0.1, -0.05) is 11.6 Å². The number of aromatic amines is 1. The molecule has 0 amide bonds. The third kappa shape index (κ3) is 1.66. The zero-order valence-electron chi connectivity index (χ0n) is 8.30. The lowest BCUT2D eigenvalue weighted by molar-refractivity contribution is 0.0604. The normalized spacial score (nSPS) is 10.7. The molecular weight excluding hydrogens is 295 g/mol. The van der Waals surface area contributed by atoms with Crippen LogP contribution in [0.25, 0.3) is 10.9 Å². The highest BCUT2D eigenvalue weighted by Crippen LogP contribution is 2.33. The van der Waals surface area contributed by atoms with Crippen molar-refractivity contribution in [2.75, 3.05) is 12.8 Å². The highest BCUT2D eigenvalue weighted by molar-refractivity contribution is 9.10. The van der Waals surface area contributed by atoms with Gasteiger partial charge in [0.1, 0.15) is 11.4 Å². The molecule has 1 aromatic carbocycles. The number of anilines is 1. The molecule has 6 heteroatoms. The first kappa shape index (κ1) is 11.3. The van der Waals surface area contributed by atoms with Gasteiger partial charge in [-0.05, 0) is 28.1 Å². The zero-order chi connectivity index (χ0) is 11.9. The summed E-state index contributed by atoms with van der Waals surface area (Å²) in [6, 6.07) is 3.39. The molecule has 1 aromatic heterocycles. The molecular formula is C10H8BrClN2O2. The minimum atomic E-state index is -0.488. The van der Waals surface area contributed by atoms with Gasteiger partial charge in [-0.3, -0.25) is 0 Å². The van der Waals surface area contributed by atoms with Crippen molar-refractivity contribution in [2.45, 2.75) is 0 Å². The van der Waals surface area contributed by atoms with Crippen LogP contribution in [0.2, 0.25) is 5.02 Å². The van der Waals surface area contributed by atoms with Crippen molar-refractivity contribution >= 4 is 50.2 Å². The number of esters is 1. The van der Waals surface area contributed by atoms with Gasteiger partial charge in [0.2, 0.25) is 0 Å². The number of hydrogen-bond donors (Lipinski definition) is 2. The van der Waals surface area contributed by atoms with Crippen LogP contribution in [0, 0.1) is 0 Å². The van der Waals surface area contributed by atoms with Crippen LogP contribution < -0.4 is 5.73 Å². The van der Waals surface area contributed by atoms with E-state index in [4.69, 9.17) is 17.3 Å². The van der Waals surface area contributed by atoms with E-state index >= 15 is 0 Å². The van der Waals surface area contributed by atoms with Gasteiger partial charge in [0, 0.05) is 14.9 Å². The molecule has 0 fully saturated rings. The average molecular weight is 304 g/mol. The number of rotatable bonds is 1. The number of ether oxygens (including phenoxy) is 1. The van der Waals surface area contributed by atoms with Crippen molar-refractivity contribution in [3.8, 4) is 0 Å². The maximum Gasteiger partial charge on any atom is 0.342 e. The lowest BCUT2D eigenvalue weighted by Gasteiger charge is -1.99. The van der Waals surface area contributed by atoms with E-state index in [0.29, 0.717) is 16.0 Å². The van der Waals surface area contributed by atoms with Crippen molar-refractivity contribution in [3.05, 3.63) is 27.2 Å². The number of hydrogen-bond acceptors (Lipinski definition) is 3. The Morgan fingerprint density at radius 2 is 2.25 bits per heavy atom. The number of nitrogens with two attached hydrogens (primary N) is 1. The number of carbonyl (C=O) groups excluding carboxylic acids is 1. The van der Waals surface area contributed by atoms with Crippen LogP contribution in [-0.2, 0) is 4.74 Å². The van der Waals surface area contributed by atoms with E-state index in [0.717, 1.165) is 9.99 Å². The average Bonchev–Trinajstić information content (AvgIpc) is 2.54. The van der Waals surface area contributed by atoms with Gasteiger partial charge in [-0.25, -0.2) is 4.79 Å². The highest BCUT2D eigenvalue weighted by Gasteiger charge is 2.19. The standard InChI is InChI=1S/C10H8BrClN2O2/c1-16-10(15)7-5-2-4(12)3-6(11)8(5)14-9(7)13/h2-3,14H,13H2,1H3. The molecule has 0 aliphatic rings. The number of carbonyl (C=O) groups is 1. The van der Waals surface area contributed by atoms with E-state index in [1.54, 1.807) is 12.1 Å². The van der Waals surface area contributed by atoms with Gasteiger partial charge in [-0.2, -0.15) is 0 Å². The van der Waals surface area contributed by atoms with Gasteiger partial charge in [-0.15, -0.1) is 0 Å². The smallest absolute Gasteiger partial charge is 0.342 e. The van der Waals surface area contributed by atoms with Crippen LogP contribution in [-0.4, -0.2) is 18.1 Å². The molecule has 1 heterocycles. The minimum absolute atomic E-state index is 0.268. The number of benzene rings is 1. The van der Waals surface area contributed by atoms with Crippen LogP contribution in [0.15, 0.2) is 16.6 Å². The van der Waals surface area contributed by atoms with E-state index < -0.39 is 5.97 Å². The molecule has 0 spiro atoms. The molecule has 84 valence electrons. The lowest BCUT2D eigenvalue weighted by atomic mass is 10.1. The molecule has 0 bridgehead atoms. The van der Waals surface area contributed by atoms with Crippen LogP contribution >= 0.6 is 27.5 Å². The quantitative estimate of drug-likeness (QED) is 0.796. The zero-order valence-corrected chi connectivity index (χ0v) is 10.6. The summed E-state index contributed by atoms with van der Waals surface area (Å²) in [5.74, 6) is -0.220. The Morgan fingerprint density at radius 1 is 1.56 bits per heavy atom. The van der Waals surface area contributed by atoms with Crippen LogP contribution in [0.5, 0.6) is 0 Å². The predicted molar refractivity (Wildman–Crippen MR) is 66.8 cm³/mol. The third-order valence-electron chi connectivity index (χ3n) is 2.24. The summed E-state index contributed by atoms with van der Waals surface area (Å²) < 4.78 is 5.41. The van der Waals surface area contributed by atoms with Gasteiger partial charge in [0.25, 0.3) is 0 Å². The van der Waals surface area contributed by atoms with Crippen LogP contribution in [0.3, 0.4) is 0 Å². The fourth-order valence-electron chi connectivity index (χ4n) is 1.56. The Morgan fingerprint density at radius 3 is 2.88 bits per heavy atom. The molecule has 4 nitrogen and oxygen atoms in total. The fourth-order valence-corrected chi connectivity index (χ4v) is 2.47. The maximum atomic E-state index is 11.6. The van der Waals surface area contributed by atoms with Gasteiger partial charge >= 0.3 is 5.97 Å². The fraction of sp³-hybridized carbons (Fsp3) is 0.100. The molecule has 0 unspecified atom stereocenters. The summed E-state index contributed by atoms with van der Waals surface area (Å²) in [4.78, 5) is 14.5. The summed E-state index contributed by atoms with van der Waals surface area (Å²) >= 11 is 9.26. The van der Waals surface area contributed by atoms with E-state index in [-0.39, 0.29) is 5.82 Å². The van der Waals surface area contributed by atoms with Crippen molar-refractivity contribution in [1.29, 1.82) is 0 Å². The molecule has 2 rings (SSSR count). The SMILES string of the molecule is COC(=O)c1c(N)[nH]c2c(Br)cc(Cl)cc12. The summed E-state index contributed by atoms with van der Waals surface area (Å²) in [6.45, 7) is 0. The van der Waals surface area contributed by atoms with E-state index in [1.807, 2.05) is 0 Å². The number of aromatic nitrogens is 1. The van der Waals surface area contributed by atoms with Crippen LogP contribution in [0.1, 0.15) is 10.4 Å². The van der Waals surface area contributed by atoms with Gasteiger partial charge < -0.3 is 15.5 Å². The first-order valence-corrected chi connectivity index (χ1v) is 5.56. The molecule has 16 heavy (non-hydrogen) atoms. The second-order valence-corrected chi connectivity index (χ2v) is 4.51. The second kappa shape index (κ2) is 3.99. The minimum Gasteiger partial charge on any atom is -0.465 e. The predicted octanol–water partition coefficient (Wildman–Crippen LogP) is 2.95. The number of fused-ring (bicyclic) bond motifs is 1. The van der Waals surface area contributed by atoms with Crippen LogP contribution in [0.4, 0.5) is 5.82 Å². The summed E-state index contributed by atoms with van der Waals surface area (Å²) in [6.07, 6.45) is 0. The Bertz CT molecular complexity index is 580. The van der Waals surface area contributed by atoms with Crippen molar-refractivity contribution in [2.24, 2.45) is 0 Å². The van der Waals surface area contributed by atoms with Crippen molar-refractivity contribution < 1.29 is 9.53 Å². The number of methoxy groups -OCH3 is 1. The maximum absolute atomic E-state index is 11.6. The monoisotopic (exact) mass is 302 g/mol. The number of nitrogen functional groups attached to an aromatic ring is 1. The van der Waals surface area contributed by atoms with Gasteiger partial charge in [0.05, 0.1) is 12.6 Å². The third-order valence-corrected chi connectivity index (χ3v) is 3.09. The Hall–Kier alpha value is -1.20. The largest absolute Gasteiger partial charge is 0.465 e. The molecule has 0 aliphatic heterocycles. The highest BCUT2D eigenvalue weighted by atomic mass is 79.9. The van der Waals surface area contributed by atoms with Crippen molar-refractivity contribution in [1.82, 2.24) is 4.98 Å². The Balaban J connectivity index is 2.83.